The van der Waals surface area contributed by atoms with E-state index in [4.69, 9.17) is 4.74 Å². The number of hydrogen-bond acceptors (Lipinski definition) is 5. The first kappa shape index (κ1) is 35.6. The van der Waals surface area contributed by atoms with Crippen molar-refractivity contribution < 1.29 is 89.2 Å². The van der Waals surface area contributed by atoms with Crippen LogP contribution < -0.4 is 11.2 Å². The van der Waals surface area contributed by atoms with Gasteiger partial charge < -0.3 is 14.6 Å². The van der Waals surface area contributed by atoms with E-state index in [1.807, 2.05) is 0 Å². The minimum Gasteiger partial charge on any atom is -0.394 e. The van der Waals surface area contributed by atoms with E-state index in [1.54, 1.807) is 0 Å². The molecule has 1 saturated heterocycles. The van der Waals surface area contributed by atoms with Crippen molar-refractivity contribution in [3.63, 3.8) is 0 Å². The lowest BCUT2D eigenvalue weighted by atomic mass is 9.90. The van der Waals surface area contributed by atoms with E-state index >= 15 is 0 Å². The molecule has 0 aromatic carbocycles. The third kappa shape index (κ3) is 4.91. The van der Waals surface area contributed by atoms with E-state index in [2.05, 4.69) is 4.74 Å². The second kappa shape index (κ2) is 10.2. The Bertz CT molecular complexity index is 1260. The highest BCUT2D eigenvalue weighted by atomic mass is 19.4. The Kier molecular flexibility index (Phi) is 8.66. The van der Waals surface area contributed by atoms with Gasteiger partial charge in [0.1, 0.15) is 6.10 Å². The van der Waals surface area contributed by atoms with Crippen molar-refractivity contribution in [1.29, 1.82) is 0 Å². The Labute approximate surface area is 218 Å². The summed E-state index contributed by atoms with van der Waals surface area (Å²) in [5, 5.41) is 9.24. The van der Waals surface area contributed by atoms with Crippen molar-refractivity contribution in [2.75, 3.05) is 6.61 Å². The van der Waals surface area contributed by atoms with E-state index < -0.39 is 90.0 Å². The number of nitrogens with one attached hydrogen (secondary N) is 1. The number of hydrogen-bond donors (Lipinski definition) is 2. The number of alkyl halides is 17. The maximum absolute atomic E-state index is 14.4. The summed E-state index contributed by atoms with van der Waals surface area (Å²) in [6.45, 7) is -0.572. The van der Waals surface area contributed by atoms with Crippen LogP contribution in [0.5, 0.6) is 0 Å². The molecule has 1 fully saturated rings. The molecule has 1 aromatic heterocycles. The van der Waals surface area contributed by atoms with Gasteiger partial charge in [-0.2, -0.15) is 74.6 Å². The van der Waals surface area contributed by atoms with Crippen molar-refractivity contribution in [2.45, 2.75) is 73.2 Å². The molecule has 2 heterocycles. The summed E-state index contributed by atoms with van der Waals surface area (Å²) in [5.74, 6) is -53.2. The molecule has 1 unspecified atom stereocenters. The normalized spacial score (nSPS) is 23.9. The fraction of sp³-hybridized carbons (Fsp3) is 0.778. The summed E-state index contributed by atoms with van der Waals surface area (Å²) < 4.78 is 238. The number of rotatable bonds is 10. The van der Waals surface area contributed by atoms with Crippen LogP contribution in [-0.4, -0.2) is 81.3 Å². The Morgan fingerprint density at radius 3 is 1.62 bits per heavy atom. The van der Waals surface area contributed by atoms with Gasteiger partial charge >= 0.3 is 53.5 Å². The first-order chi connectivity index (χ1) is 18.5. The lowest BCUT2D eigenvalue weighted by Crippen LogP contribution is -2.74. The third-order valence-corrected chi connectivity index (χ3v) is 5.98. The van der Waals surface area contributed by atoms with Crippen LogP contribution in [0.3, 0.4) is 0 Å². The van der Waals surface area contributed by atoms with Crippen molar-refractivity contribution in [2.24, 2.45) is 5.92 Å². The predicted molar refractivity (Wildman–Crippen MR) is 97.0 cm³/mol. The van der Waals surface area contributed by atoms with Gasteiger partial charge in [0.15, 0.2) is 6.23 Å². The maximum Gasteiger partial charge on any atom is 0.460 e. The van der Waals surface area contributed by atoms with Crippen molar-refractivity contribution in [1.82, 2.24) is 9.55 Å². The molecule has 7 nitrogen and oxygen atoms in total. The van der Waals surface area contributed by atoms with Crippen LogP contribution in [0.2, 0.25) is 0 Å². The summed E-state index contributed by atoms with van der Waals surface area (Å²) in [4.78, 5) is 24.6. The van der Waals surface area contributed by atoms with E-state index in [0.717, 1.165) is 0 Å². The lowest BCUT2D eigenvalue weighted by Gasteiger charge is -2.43. The quantitative estimate of drug-likeness (QED) is 0.363. The molecule has 4 atom stereocenters. The van der Waals surface area contributed by atoms with E-state index in [1.165, 1.54) is 4.98 Å². The zero-order valence-corrected chi connectivity index (χ0v) is 19.6. The monoisotopic (exact) mass is 660 g/mol. The average Bonchev–Trinajstić information content (AvgIpc) is 3.12. The smallest absolute Gasteiger partial charge is 0.394 e. The van der Waals surface area contributed by atoms with Crippen LogP contribution in [0.4, 0.5) is 74.6 Å². The highest BCUT2D eigenvalue weighted by Gasteiger charge is 2.95. The molecule has 0 aliphatic carbocycles. The molecule has 42 heavy (non-hydrogen) atoms. The summed E-state index contributed by atoms with van der Waals surface area (Å²) in [7, 11) is 0. The number of H-pyrrole nitrogens is 1. The average molecular weight is 660 g/mol. The van der Waals surface area contributed by atoms with Gasteiger partial charge in [-0.15, -0.1) is 0 Å². The minimum absolute atomic E-state index is 0.0487. The van der Waals surface area contributed by atoms with Crippen LogP contribution in [-0.2, 0) is 9.47 Å². The molecule has 2 N–H and O–H groups in total. The van der Waals surface area contributed by atoms with Crippen molar-refractivity contribution in [3.05, 3.63) is 33.1 Å². The number of nitrogens with zero attached hydrogens (tertiary/aromatic N) is 1. The topological polar surface area (TPSA) is 93.5 Å². The molecule has 0 spiro atoms. The van der Waals surface area contributed by atoms with Gasteiger partial charge in [0.25, 0.3) is 5.56 Å². The maximum atomic E-state index is 14.4. The minimum atomic E-state index is -8.81. The Morgan fingerprint density at radius 2 is 1.21 bits per heavy atom. The summed E-state index contributed by atoms with van der Waals surface area (Å²) in [6, 6.07) is 0.458. The molecular formula is C18H13F17N2O5. The molecule has 0 saturated carbocycles. The summed E-state index contributed by atoms with van der Waals surface area (Å²) in [6.07, 6.45) is -22.0. The van der Waals surface area contributed by atoms with Crippen molar-refractivity contribution >= 4 is 0 Å². The molecule has 1 aliphatic rings. The molecule has 0 bridgehead atoms. The van der Waals surface area contributed by atoms with Gasteiger partial charge in [0, 0.05) is 18.2 Å². The fourth-order valence-corrected chi connectivity index (χ4v) is 3.47. The van der Waals surface area contributed by atoms with Gasteiger partial charge in [-0.1, -0.05) is 6.92 Å². The molecule has 244 valence electrons. The second-order valence-electron chi connectivity index (χ2n) is 8.67. The number of aliphatic hydroxyl groups is 1. The van der Waals surface area contributed by atoms with Gasteiger partial charge in [-0.05, 0) is 0 Å². The Morgan fingerprint density at radius 1 is 0.786 bits per heavy atom. The Hall–Kier alpha value is -2.63. The fourth-order valence-electron chi connectivity index (χ4n) is 3.47. The number of aromatic nitrogens is 2. The van der Waals surface area contributed by atoms with Gasteiger partial charge in [-0.25, -0.2) is 4.79 Å². The number of aromatic amines is 1. The number of ether oxygens (including phenoxy) is 2. The van der Waals surface area contributed by atoms with Gasteiger partial charge in [-0.3, -0.25) is 14.3 Å². The van der Waals surface area contributed by atoms with Crippen molar-refractivity contribution in [3.8, 4) is 0 Å². The van der Waals surface area contributed by atoms with Crippen LogP contribution in [0, 0.1) is 5.92 Å². The number of halogens is 17. The molecular weight excluding hydrogens is 647 g/mol. The largest absolute Gasteiger partial charge is 0.460 e. The van der Waals surface area contributed by atoms with Crippen LogP contribution in [0.15, 0.2) is 21.9 Å². The molecule has 0 radical (unpaired) electrons. The standard InChI is InChI=1S/C18H13F17N2O5/c1-5-6(4-38)41-9(37-3-2-7(39)36-10(37)40)8(5)42-18(34,35)16(29,30)14(25,26)12(21,22)11(19,20)13(23,24)15(27,28)17(31,32)33/h2-3,5-6,8-9,38H,4H2,1H3,(H,36,39,40)/t5?,6-,8+,9-/m1/s1. The predicted octanol–water partition coefficient (Wildman–Crippen LogP) is 4.41. The second-order valence-corrected chi connectivity index (χ2v) is 8.67. The van der Waals surface area contributed by atoms with E-state index in [-0.39, 0.29) is 4.57 Å². The SMILES string of the molecule is CC1[C@@H](CO)O[C@@H](n2ccc(=O)[nH]c2=O)[C@H]1OC(F)(F)C(F)(F)C(F)(F)C(F)(F)C(F)(F)C(F)(F)C(F)(F)C(F)(F)F. The van der Waals surface area contributed by atoms with E-state index in [0.29, 0.717) is 19.2 Å². The van der Waals surface area contributed by atoms with Crippen LogP contribution in [0.25, 0.3) is 0 Å². The highest BCUT2D eigenvalue weighted by molar-refractivity contribution is 5.14. The number of aliphatic hydroxyl groups excluding tert-OH is 1. The van der Waals surface area contributed by atoms with Gasteiger partial charge in [0.2, 0.25) is 0 Å². The third-order valence-electron chi connectivity index (χ3n) is 5.98. The molecule has 24 heteroatoms. The van der Waals surface area contributed by atoms with E-state index in [9.17, 15) is 89.3 Å². The first-order valence-electron chi connectivity index (χ1n) is 10.4. The lowest BCUT2D eigenvalue weighted by molar-refractivity contribution is -0.481. The van der Waals surface area contributed by atoms with Crippen LogP contribution in [0.1, 0.15) is 13.2 Å². The zero-order valence-electron chi connectivity index (χ0n) is 19.6. The molecule has 1 aliphatic heterocycles. The Balaban J connectivity index is 2.61. The zero-order chi connectivity index (χ0) is 33.3. The summed E-state index contributed by atoms with van der Waals surface area (Å²) >= 11 is 0. The molecule has 0 amide bonds. The first-order valence-corrected chi connectivity index (χ1v) is 10.4. The molecule has 1 aromatic rings. The summed E-state index contributed by atoms with van der Waals surface area (Å²) in [5.41, 5.74) is -2.78. The van der Waals surface area contributed by atoms with Crippen LogP contribution >= 0.6 is 0 Å². The molecule has 2 rings (SSSR count). The highest BCUT2D eigenvalue weighted by Crippen LogP contribution is 2.64. The van der Waals surface area contributed by atoms with Gasteiger partial charge in [0.05, 0.1) is 12.7 Å².